The summed E-state index contributed by atoms with van der Waals surface area (Å²) >= 11 is 0. The highest BCUT2D eigenvalue weighted by Crippen LogP contribution is 2.37. The molecule has 0 radical (unpaired) electrons. The van der Waals surface area contributed by atoms with Crippen molar-refractivity contribution in [2.45, 2.75) is 57.8 Å². The Morgan fingerprint density at radius 1 is 0.828 bits per heavy atom. The minimum Gasteiger partial charge on any atom is -0.372 e. The zero-order chi connectivity index (χ0) is 44.5. The first-order chi connectivity index (χ1) is 30.9. The van der Waals surface area contributed by atoms with Gasteiger partial charge in [-0.05, 0) is 97.3 Å². The number of halogens is 3. The number of hydrogen-bond acceptors (Lipinski definition) is 10. The van der Waals surface area contributed by atoms with Crippen LogP contribution in [0.2, 0.25) is 0 Å². The van der Waals surface area contributed by atoms with Crippen LogP contribution in [-0.2, 0) is 23.9 Å². The van der Waals surface area contributed by atoms with Crippen molar-refractivity contribution >= 4 is 52.2 Å². The predicted molar refractivity (Wildman–Crippen MR) is 241 cm³/mol. The second kappa shape index (κ2) is 17.9. The van der Waals surface area contributed by atoms with E-state index in [4.69, 9.17) is 10.8 Å². The number of urea groups is 1. The number of carbonyl (C=O) groups is 3. The molecule has 3 aromatic carbocycles. The number of aryl methyl sites for hydroxylation is 2. The molecule has 4 aliphatic rings. The maximum atomic E-state index is 13.3. The lowest BCUT2D eigenvalue weighted by Gasteiger charge is -2.40. The fourth-order valence-corrected chi connectivity index (χ4v) is 9.39. The average Bonchev–Trinajstić information content (AvgIpc) is 3.56. The van der Waals surface area contributed by atoms with Crippen molar-refractivity contribution in [2.24, 2.45) is 11.7 Å². The van der Waals surface area contributed by atoms with E-state index in [1.54, 1.807) is 9.58 Å². The maximum absolute atomic E-state index is 13.3. The number of anilines is 6. The van der Waals surface area contributed by atoms with Crippen molar-refractivity contribution in [3.63, 3.8) is 0 Å². The van der Waals surface area contributed by atoms with Gasteiger partial charge in [-0.15, -0.1) is 0 Å². The third kappa shape index (κ3) is 9.07. The molecule has 334 valence electrons. The van der Waals surface area contributed by atoms with Crippen molar-refractivity contribution < 1.29 is 27.6 Å². The van der Waals surface area contributed by atoms with Gasteiger partial charge in [0, 0.05) is 99.8 Å². The largest absolute Gasteiger partial charge is 0.416 e. The highest BCUT2D eigenvalue weighted by molar-refractivity contribution is 6.06. The summed E-state index contributed by atoms with van der Waals surface area (Å²) in [4.78, 5) is 50.0. The molecule has 1 atom stereocenters. The Labute approximate surface area is 369 Å². The zero-order valence-corrected chi connectivity index (χ0v) is 35.7. The number of carbonyl (C=O) groups excluding carboxylic acids is 3. The molecule has 0 saturated carbocycles. The van der Waals surface area contributed by atoms with Crippen LogP contribution in [0.1, 0.15) is 65.7 Å². The van der Waals surface area contributed by atoms with Gasteiger partial charge in [0.25, 0.3) is 5.91 Å². The van der Waals surface area contributed by atoms with E-state index in [-0.39, 0.29) is 23.8 Å². The second-order valence-electron chi connectivity index (χ2n) is 17.0. The van der Waals surface area contributed by atoms with E-state index in [9.17, 15) is 27.6 Å². The summed E-state index contributed by atoms with van der Waals surface area (Å²) in [5.74, 6) is 0.486. The van der Waals surface area contributed by atoms with Crippen LogP contribution in [-0.4, -0.2) is 89.9 Å². The molecule has 3 fully saturated rings. The lowest BCUT2D eigenvalue weighted by molar-refractivity contribution is -0.137. The van der Waals surface area contributed by atoms with Gasteiger partial charge in [0.15, 0.2) is 0 Å². The minimum absolute atomic E-state index is 0.135. The van der Waals surface area contributed by atoms with Gasteiger partial charge in [0.1, 0.15) is 22.9 Å². The third-order valence-corrected chi connectivity index (χ3v) is 13.0. The Morgan fingerprint density at radius 2 is 1.53 bits per heavy atom. The lowest BCUT2D eigenvalue weighted by Crippen LogP contribution is -2.49. The molecule has 0 bridgehead atoms. The quantitative estimate of drug-likeness (QED) is 0.105. The molecule has 6 heterocycles. The van der Waals surface area contributed by atoms with Crippen LogP contribution >= 0.6 is 0 Å². The summed E-state index contributed by atoms with van der Waals surface area (Å²) < 4.78 is 41.7. The minimum atomic E-state index is -4.47. The number of aromatic nitrogens is 3. The fraction of sp³-hybridized carbons (Fsp3) is 0.383. The Hall–Kier alpha value is -6.62. The summed E-state index contributed by atoms with van der Waals surface area (Å²) in [6.07, 6.45) is 0.542. The van der Waals surface area contributed by atoms with Gasteiger partial charge in [-0.3, -0.25) is 24.7 Å². The summed E-state index contributed by atoms with van der Waals surface area (Å²) in [7, 11) is 0. The molecule has 1 unspecified atom stereocenters. The number of piperidine rings is 1. The fourth-order valence-electron chi connectivity index (χ4n) is 9.39. The van der Waals surface area contributed by atoms with E-state index in [0.29, 0.717) is 60.9 Å². The molecule has 5 aromatic rings. The van der Waals surface area contributed by atoms with Gasteiger partial charge in [-0.2, -0.15) is 18.3 Å². The molecule has 4 amide bonds. The van der Waals surface area contributed by atoms with Crippen LogP contribution in [0.4, 0.5) is 52.4 Å². The number of rotatable bonds is 11. The highest BCUT2D eigenvalue weighted by Gasteiger charge is 2.32. The number of fused-ring (bicyclic) bond motifs is 2. The van der Waals surface area contributed by atoms with Crippen LogP contribution in [0, 0.1) is 5.92 Å². The number of nitrogens with two attached hydrogens (primary N) is 1. The molecule has 64 heavy (non-hydrogen) atoms. The second-order valence-corrected chi connectivity index (χ2v) is 17.0. The molecular formula is C47H52F3N11O3. The van der Waals surface area contributed by atoms with E-state index in [1.807, 2.05) is 43.3 Å². The number of piperazine rings is 1. The van der Waals surface area contributed by atoms with Gasteiger partial charge in [-0.25, -0.2) is 14.5 Å². The topological polar surface area (TPSA) is 157 Å². The van der Waals surface area contributed by atoms with Gasteiger partial charge < -0.3 is 26.2 Å². The van der Waals surface area contributed by atoms with E-state index in [2.05, 4.69) is 66.0 Å². The van der Waals surface area contributed by atoms with Gasteiger partial charge >= 0.3 is 12.2 Å². The summed E-state index contributed by atoms with van der Waals surface area (Å²) in [6, 6.07) is 23.3. The molecule has 9 rings (SSSR count). The molecular weight excluding hydrogens is 824 g/mol. The van der Waals surface area contributed by atoms with E-state index >= 15 is 0 Å². The SMILES string of the molecule is CCC(Nc1cc(C(F)(F)F)ccn1)c1ccc(-c2nn3c(c2C(N)=O)Nc2ccc(N4CCN(CC5CCN(c6ccc(N7CCC(=O)NC7=O)cc6)CC5)CC4)cc2CC3)cc1. The molecule has 5 N–H and O–H groups in total. The summed E-state index contributed by atoms with van der Waals surface area (Å²) in [6.45, 7) is 9.82. The van der Waals surface area contributed by atoms with E-state index in [1.165, 1.54) is 5.69 Å². The first kappa shape index (κ1) is 42.7. The van der Waals surface area contributed by atoms with Gasteiger partial charge in [-0.1, -0.05) is 31.2 Å². The normalized spacial score (nSPS) is 17.8. The number of benzene rings is 3. The lowest BCUT2D eigenvalue weighted by atomic mass is 9.95. The summed E-state index contributed by atoms with van der Waals surface area (Å²) in [5.41, 5.74) is 12.7. The monoisotopic (exact) mass is 875 g/mol. The molecule has 14 nitrogen and oxygen atoms in total. The number of primary amides is 1. The highest BCUT2D eigenvalue weighted by atomic mass is 19.4. The first-order valence-corrected chi connectivity index (χ1v) is 22.0. The number of pyridine rings is 1. The van der Waals surface area contributed by atoms with E-state index < -0.39 is 17.6 Å². The Morgan fingerprint density at radius 3 is 2.22 bits per heavy atom. The van der Waals surface area contributed by atoms with Crippen molar-refractivity contribution in [2.75, 3.05) is 77.7 Å². The van der Waals surface area contributed by atoms with Crippen molar-refractivity contribution in [3.05, 3.63) is 107 Å². The molecule has 3 saturated heterocycles. The van der Waals surface area contributed by atoms with Gasteiger partial charge in [0.2, 0.25) is 5.91 Å². The Bertz CT molecular complexity index is 2510. The molecule has 17 heteroatoms. The molecule has 0 spiro atoms. The van der Waals surface area contributed by atoms with Gasteiger partial charge in [0.05, 0.1) is 11.6 Å². The number of nitrogens with one attached hydrogen (secondary N) is 3. The van der Waals surface area contributed by atoms with Crippen LogP contribution < -0.4 is 36.4 Å². The molecule has 2 aromatic heterocycles. The van der Waals surface area contributed by atoms with Crippen molar-refractivity contribution in [3.8, 4) is 11.3 Å². The number of hydrogen-bond donors (Lipinski definition) is 4. The first-order valence-electron chi connectivity index (χ1n) is 22.0. The van der Waals surface area contributed by atoms with Crippen LogP contribution in [0.3, 0.4) is 0 Å². The Balaban J connectivity index is 0.787. The van der Waals surface area contributed by atoms with Crippen molar-refractivity contribution in [1.82, 2.24) is 25.0 Å². The molecule has 0 aliphatic carbocycles. The zero-order valence-electron chi connectivity index (χ0n) is 35.7. The number of imide groups is 1. The van der Waals surface area contributed by atoms with Crippen LogP contribution in [0.25, 0.3) is 11.3 Å². The number of nitrogens with zero attached hydrogens (tertiary/aromatic N) is 7. The third-order valence-electron chi connectivity index (χ3n) is 13.0. The predicted octanol–water partition coefficient (Wildman–Crippen LogP) is 7.41. The van der Waals surface area contributed by atoms with E-state index in [0.717, 1.165) is 105 Å². The summed E-state index contributed by atoms with van der Waals surface area (Å²) in [5, 5.41) is 13.9. The maximum Gasteiger partial charge on any atom is 0.416 e. The van der Waals surface area contributed by atoms with Crippen LogP contribution in [0.15, 0.2) is 85.1 Å². The molecule has 4 aliphatic heterocycles. The number of alkyl halides is 3. The van der Waals surface area contributed by atoms with Crippen molar-refractivity contribution in [1.29, 1.82) is 0 Å². The smallest absolute Gasteiger partial charge is 0.372 e. The number of amides is 4. The average molecular weight is 876 g/mol. The Kier molecular flexibility index (Phi) is 11.9. The standard InChI is InChI=1S/C47H52F3N11O3/c1-2-38(53-40-28-34(13-18-52-40)47(48,49)50)31-3-5-32(6-4-31)43-42(44(51)63)45-54-39-12-11-37(27-33(39)16-22-61(45)56-43)59-25-23-57(24-26-59)29-30-14-19-58(20-15-30)35-7-9-36(10-8-35)60-21-17-41(62)55-46(60)64/h3-13,18,27-28,30,38,54H,2,14-17,19-26,29H2,1H3,(H2,51,63)(H,52,53)(H,55,62,64). The van der Waals surface area contributed by atoms with Crippen LogP contribution in [0.5, 0.6) is 0 Å².